The first-order chi connectivity index (χ1) is 18.6. The summed E-state index contributed by atoms with van der Waals surface area (Å²) in [6, 6.07) is 5.73. The molecule has 0 fully saturated rings. The molecule has 2 amide bonds. The van der Waals surface area contributed by atoms with E-state index in [2.05, 4.69) is 4.74 Å². The molecule has 15 heteroatoms. The Labute approximate surface area is 231 Å². The summed E-state index contributed by atoms with van der Waals surface area (Å²) in [5, 5.41) is 7.34. The van der Waals surface area contributed by atoms with Gasteiger partial charge in [-0.1, -0.05) is 20.8 Å². The minimum atomic E-state index is -5.36. The van der Waals surface area contributed by atoms with E-state index in [9.17, 15) is 36.7 Å². The highest BCUT2D eigenvalue weighted by Crippen LogP contribution is 2.24. The van der Waals surface area contributed by atoms with Gasteiger partial charge in [0.25, 0.3) is 0 Å². The molecule has 0 atom stereocenters. The fourth-order valence-electron chi connectivity index (χ4n) is 3.37. The summed E-state index contributed by atoms with van der Waals surface area (Å²) >= 11 is 0.972. The minimum absolute atomic E-state index is 0.00125. The first-order valence-corrected chi connectivity index (χ1v) is 12.7. The van der Waals surface area contributed by atoms with E-state index in [-0.39, 0.29) is 47.6 Å². The van der Waals surface area contributed by atoms with Gasteiger partial charge in [-0.05, 0) is 42.7 Å². The van der Waals surface area contributed by atoms with Crippen molar-refractivity contribution in [2.45, 2.75) is 39.9 Å². The summed E-state index contributed by atoms with van der Waals surface area (Å²) in [4.78, 5) is 51.7. The zero-order valence-corrected chi connectivity index (χ0v) is 22.7. The van der Waals surface area contributed by atoms with E-state index in [1.807, 2.05) is 13.8 Å². The van der Waals surface area contributed by atoms with Gasteiger partial charge in [-0.2, -0.15) is 13.2 Å². The summed E-state index contributed by atoms with van der Waals surface area (Å²) in [5.41, 5.74) is 5.43. The van der Waals surface area contributed by atoms with Gasteiger partial charge in [-0.25, -0.2) is 23.6 Å². The normalized spacial score (nSPS) is 11.2. The van der Waals surface area contributed by atoms with Crippen molar-refractivity contribution in [3.8, 4) is 5.75 Å². The van der Waals surface area contributed by atoms with E-state index < -0.39 is 42.5 Å². The number of thiophene rings is 1. The van der Waals surface area contributed by atoms with Crippen LogP contribution in [0.3, 0.4) is 0 Å². The average Bonchev–Trinajstić information content (AvgIpc) is 3.31. The fraction of sp³-hybridized carbons (Fsp3) is 0.400. The van der Waals surface area contributed by atoms with Crippen LogP contribution in [0.1, 0.15) is 47.3 Å². The van der Waals surface area contributed by atoms with Gasteiger partial charge in [0.05, 0.1) is 6.54 Å². The van der Waals surface area contributed by atoms with Crippen molar-refractivity contribution in [3.63, 3.8) is 0 Å². The second kappa shape index (κ2) is 13.9. The van der Waals surface area contributed by atoms with Gasteiger partial charge in [0, 0.05) is 23.5 Å². The predicted molar refractivity (Wildman–Crippen MR) is 136 cm³/mol. The predicted octanol–water partition coefficient (Wildman–Crippen LogP) is 4.31. The Hall–Kier alpha value is -4.01. The van der Waals surface area contributed by atoms with Gasteiger partial charge < -0.3 is 25.0 Å². The van der Waals surface area contributed by atoms with Gasteiger partial charge in [0.15, 0.2) is 11.6 Å². The van der Waals surface area contributed by atoms with Crippen LogP contribution in [0, 0.1) is 17.1 Å². The summed E-state index contributed by atoms with van der Waals surface area (Å²) in [5.74, 6) is -6.73. The van der Waals surface area contributed by atoms with Crippen LogP contribution in [0.5, 0.6) is 5.75 Å². The van der Waals surface area contributed by atoms with Crippen molar-refractivity contribution >= 4 is 41.1 Å². The number of nitrogen functional groups attached to an aromatic ring is 1. The highest BCUT2D eigenvalue weighted by molar-refractivity contribution is 7.13. The number of amides is 2. The number of nitrogens with two attached hydrogens (primary N) is 1. The number of esters is 3. The van der Waals surface area contributed by atoms with Crippen molar-refractivity contribution in [3.05, 3.63) is 51.5 Å². The van der Waals surface area contributed by atoms with Gasteiger partial charge in [0.1, 0.15) is 17.3 Å². The lowest BCUT2D eigenvalue weighted by Gasteiger charge is -2.31. The number of nitrogens with one attached hydrogen (secondary N) is 1. The van der Waals surface area contributed by atoms with E-state index >= 15 is 0 Å². The Kier molecular flexibility index (Phi) is 11.2. The molecule has 1 heterocycles. The van der Waals surface area contributed by atoms with Crippen LogP contribution in [-0.2, 0) is 20.9 Å². The second-order valence-corrected chi connectivity index (χ2v) is 10.1. The SMILES string of the molecule is CCCN(CC(=O)OC(=O)C(F)(F)F)C(=O)N(Cc1ccc(C(=O)Oc2ccc(C(=N)N)cc2F)s1)CC(C)C. The van der Waals surface area contributed by atoms with Crippen molar-refractivity contribution < 1.29 is 46.2 Å². The topological polar surface area (TPSA) is 143 Å². The van der Waals surface area contributed by atoms with Crippen LogP contribution in [0.4, 0.5) is 22.4 Å². The number of amidine groups is 1. The molecule has 2 rings (SSSR count). The number of hydrogen-bond acceptors (Lipinski definition) is 8. The molecule has 0 spiro atoms. The number of carbonyl (C=O) groups excluding carboxylic acids is 4. The van der Waals surface area contributed by atoms with E-state index in [1.54, 1.807) is 13.0 Å². The molecule has 40 heavy (non-hydrogen) atoms. The van der Waals surface area contributed by atoms with Crippen LogP contribution in [-0.4, -0.2) is 65.4 Å². The zero-order valence-electron chi connectivity index (χ0n) is 21.8. The molecule has 0 aliphatic heterocycles. The second-order valence-electron chi connectivity index (χ2n) is 8.95. The van der Waals surface area contributed by atoms with Gasteiger partial charge >= 0.3 is 30.1 Å². The molecule has 0 aliphatic rings. The molecule has 0 saturated heterocycles. The third-order valence-electron chi connectivity index (χ3n) is 5.03. The molecule has 1 aromatic carbocycles. The maximum Gasteiger partial charge on any atom is 0.491 e. The largest absolute Gasteiger partial charge is 0.491 e. The Morgan fingerprint density at radius 3 is 2.33 bits per heavy atom. The fourth-order valence-corrected chi connectivity index (χ4v) is 4.27. The third kappa shape index (κ3) is 9.32. The number of carbonyl (C=O) groups is 4. The molecule has 3 N–H and O–H groups in total. The molecule has 0 bridgehead atoms. The first kappa shape index (κ1) is 32.2. The van der Waals surface area contributed by atoms with E-state index in [0.717, 1.165) is 28.4 Å². The average molecular weight is 589 g/mol. The molecule has 2 aromatic rings. The lowest BCUT2D eigenvalue weighted by Crippen LogP contribution is -2.47. The smallest absolute Gasteiger partial charge is 0.419 e. The lowest BCUT2D eigenvalue weighted by molar-refractivity contribution is -0.202. The number of nitrogens with zero attached hydrogens (tertiary/aromatic N) is 2. The van der Waals surface area contributed by atoms with Crippen molar-refractivity contribution in [2.24, 2.45) is 11.7 Å². The lowest BCUT2D eigenvalue weighted by atomic mass is 10.2. The molecule has 1 aromatic heterocycles. The first-order valence-electron chi connectivity index (χ1n) is 11.9. The monoisotopic (exact) mass is 588 g/mol. The third-order valence-corrected chi connectivity index (χ3v) is 6.08. The van der Waals surface area contributed by atoms with Crippen LogP contribution < -0.4 is 10.5 Å². The summed E-state index contributed by atoms with van der Waals surface area (Å²) < 4.78 is 60.5. The summed E-state index contributed by atoms with van der Waals surface area (Å²) in [7, 11) is 0. The molecule has 10 nitrogen and oxygen atoms in total. The minimum Gasteiger partial charge on any atom is -0.419 e. The molecular weight excluding hydrogens is 560 g/mol. The Morgan fingerprint density at radius 2 is 1.77 bits per heavy atom. The van der Waals surface area contributed by atoms with Crippen molar-refractivity contribution in [1.29, 1.82) is 5.41 Å². The molecular formula is C25H28F4N4O6S. The summed E-state index contributed by atoms with van der Waals surface area (Å²) in [6.07, 6.45) is -5.00. The quantitative estimate of drug-likeness (QED) is 0.0994. The Morgan fingerprint density at radius 1 is 1.10 bits per heavy atom. The summed E-state index contributed by atoms with van der Waals surface area (Å²) in [6.45, 7) is 4.63. The molecule has 0 aliphatic carbocycles. The maximum absolute atomic E-state index is 14.2. The number of ether oxygens (including phenoxy) is 2. The van der Waals surface area contributed by atoms with E-state index in [4.69, 9.17) is 15.9 Å². The maximum atomic E-state index is 14.2. The molecule has 218 valence electrons. The number of halogens is 4. The van der Waals surface area contributed by atoms with Gasteiger partial charge in [0.2, 0.25) is 0 Å². The van der Waals surface area contributed by atoms with Crippen LogP contribution in [0.2, 0.25) is 0 Å². The number of benzene rings is 1. The number of rotatable bonds is 11. The van der Waals surface area contributed by atoms with Crippen molar-refractivity contribution in [2.75, 3.05) is 19.6 Å². The zero-order chi connectivity index (χ0) is 30.2. The highest BCUT2D eigenvalue weighted by atomic mass is 32.1. The number of hydrogen-bond donors (Lipinski definition) is 2. The highest BCUT2D eigenvalue weighted by Gasteiger charge is 2.42. The van der Waals surface area contributed by atoms with Gasteiger partial charge in [-0.3, -0.25) is 5.41 Å². The molecule has 0 saturated carbocycles. The van der Waals surface area contributed by atoms with Gasteiger partial charge in [-0.15, -0.1) is 11.3 Å². The van der Waals surface area contributed by atoms with E-state index in [0.29, 0.717) is 11.3 Å². The van der Waals surface area contributed by atoms with Crippen LogP contribution >= 0.6 is 11.3 Å². The number of alkyl halides is 3. The van der Waals surface area contributed by atoms with Crippen LogP contribution in [0.15, 0.2) is 30.3 Å². The Bertz CT molecular complexity index is 1260. The Balaban J connectivity index is 2.16. The van der Waals surface area contributed by atoms with Crippen molar-refractivity contribution in [1.82, 2.24) is 9.80 Å². The molecule has 0 unspecified atom stereocenters. The van der Waals surface area contributed by atoms with E-state index in [1.165, 1.54) is 17.0 Å². The number of urea groups is 1. The van der Waals surface area contributed by atoms with Crippen LogP contribution in [0.25, 0.3) is 0 Å². The molecule has 0 radical (unpaired) electrons. The standard InChI is InChI=1S/C25H28F4N4O6S/c1-4-9-32(13-20(34)39-23(36)25(27,28)29)24(37)33(11-14(2)3)12-16-6-8-19(40-16)22(35)38-18-7-5-15(21(30)31)10-17(18)26/h5-8,10,14H,4,9,11-13H2,1-3H3,(H3,30,31).